The van der Waals surface area contributed by atoms with Crippen molar-refractivity contribution in [2.75, 3.05) is 5.73 Å². The summed E-state index contributed by atoms with van der Waals surface area (Å²) in [5, 5.41) is 0. The molecule has 0 amide bonds. The van der Waals surface area contributed by atoms with Crippen LogP contribution in [-0.4, -0.2) is 13.4 Å². The maximum atomic E-state index is 13.3. The van der Waals surface area contributed by atoms with Crippen LogP contribution in [0.15, 0.2) is 28.6 Å². The van der Waals surface area contributed by atoms with Crippen LogP contribution in [0.5, 0.6) is 0 Å². The third-order valence-electron chi connectivity index (χ3n) is 2.57. The van der Waals surface area contributed by atoms with Crippen LogP contribution in [0.2, 0.25) is 0 Å². The number of nitrogens with one attached hydrogen (secondary N) is 1. The van der Waals surface area contributed by atoms with E-state index in [9.17, 15) is 12.8 Å². The van der Waals surface area contributed by atoms with Gasteiger partial charge >= 0.3 is 0 Å². The molecule has 1 aromatic heterocycles. The number of benzene rings is 1. The summed E-state index contributed by atoms with van der Waals surface area (Å²) in [6.07, 6.45) is 0. The molecular formula is C11H12FN3O2S2. The van der Waals surface area contributed by atoms with Gasteiger partial charge in [0, 0.05) is 11.4 Å². The molecule has 0 spiro atoms. The number of nitrogens with two attached hydrogens (primary N) is 1. The number of rotatable bonds is 4. The van der Waals surface area contributed by atoms with Gasteiger partial charge in [-0.2, -0.15) is 0 Å². The fourth-order valence-electron chi connectivity index (χ4n) is 1.49. The minimum atomic E-state index is -3.84. The summed E-state index contributed by atoms with van der Waals surface area (Å²) >= 11 is 1.35. The first kappa shape index (κ1) is 13.9. The molecule has 2 rings (SSSR count). The number of aryl methyl sites for hydroxylation is 1. The third kappa shape index (κ3) is 2.91. The van der Waals surface area contributed by atoms with E-state index < -0.39 is 15.8 Å². The zero-order valence-electron chi connectivity index (χ0n) is 10.1. The first-order chi connectivity index (χ1) is 8.92. The predicted octanol–water partition coefficient (Wildman–Crippen LogP) is 1.65. The van der Waals surface area contributed by atoms with Crippen molar-refractivity contribution in [1.82, 2.24) is 9.71 Å². The Bertz CT molecular complexity index is 698. The van der Waals surface area contributed by atoms with Gasteiger partial charge in [-0.25, -0.2) is 22.5 Å². The molecule has 102 valence electrons. The van der Waals surface area contributed by atoms with E-state index in [-0.39, 0.29) is 17.1 Å². The molecule has 0 saturated carbocycles. The Morgan fingerprint density at radius 2 is 2.21 bits per heavy atom. The quantitative estimate of drug-likeness (QED) is 0.841. The van der Waals surface area contributed by atoms with Gasteiger partial charge in [-0.1, -0.05) is 6.07 Å². The summed E-state index contributed by atoms with van der Waals surface area (Å²) in [6, 6.07) is 3.68. The molecule has 0 aliphatic rings. The van der Waals surface area contributed by atoms with Gasteiger partial charge in [-0.3, -0.25) is 0 Å². The van der Waals surface area contributed by atoms with E-state index >= 15 is 0 Å². The summed E-state index contributed by atoms with van der Waals surface area (Å²) in [7, 11) is -3.84. The van der Waals surface area contributed by atoms with Crippen LogP contribution in [0.1, 0.15) is 10.6 Å². The Labute approximate surface area is 114 Å². The average Bonchev–Trinajstić information content (AvgIpc) is 2.76. The van der Waals surface area contributed by atoms with E-state index in [1.54, 1.807) is 12.4 Å². The van der Waals surface area contributed by atoms with Crippen molar-refractivity contribution in [2.24, 2.45) is 0 Å². The van der Waals surface area contributed by atoms with Crippen LogP contribution in [-0.2, 0) is 16.6 Å². The van der Waals surface area contributed by atoms with Crippen molar-refractivity contribution in [3.63, 3.8) is 0 Å². The van der Waals surface area contributed by atoms with Crippen LogP contribution in [0, 0.1) is 12.7 Å². The van der Waals surface area contributed by atoms with Crippen LogP contribution in [0.4, 0.5) is 10.1 Å². The summed E-state index contributed by atoms with van der Waals surface area (Å²) < 4.78 is 39.7. The fourth-order valence-corrected chi connectivity index (χ4v) is 3.43. The Hall–Kier alpha value is -1.51. The van der Waals surface area contributed by atoms with Crippen molar-refractivity contribution in [1.29, 1.82) is 0 Å². The lowest BCUT2D eigenvalue weighted by molar-refractivity contribution is 0.579. The molecule has 1 heterocycles. The second kappa shape index (κ2) is 5.24. The number of hydrogen-bond acceptors (Lipinski definition) is 5. The minimum absolute atomic E-state index is 0.106. The second-order valence-electron chi connectivity index (χ2n) is 3.84. The summed E-state index contributed by atoms with van der Waals surface area (Å²) in [5.74, 6) is -0.753. The molecule has 8 heteroatoms. The number of sulfonamides is 1. The maximum Gasteiger partial charge on any atom is 0.243 e. The molecule has 0 aliphatic heterocycles. The number of para-hydroxylation sites is 1. The lowest BCUT2D eigenvalue weighted by Crippen LogP contribution is -2.24. The van der Waals surface area contributed by atoms with Crippen molar-refractivity contribution in [3.8, 4) is 0 Å². The van der Waals surface area contributed by atoms with Gasteiger partial charge in [0.15, 0.2) is 0 Å². The number of anilines is 1. The Balaban J connectivity index is 2.24. The SMILES string of the molecule is Cc1ncsc1CNS(=O)(=O)c1cccc(F)c1N. The van der Waals surface area contributed by atoms with E-state index in [0.717, 1.165) is 16.6 Å². The Kier molecular flexibility index (Phi) is 3.83. The Morgan fingerprint density at radius 3 is 2.84 bits per heavy atom. The zero-order valence-corrected chi connectivity index (χ0v) is 11.7. The summed E-state index contributed by atoms with van der Waals surface area (Å²) in [4.78, 5) is 4.57. The number of nitrogen functional groups attached to an aromatic ring is 1. The van der Waals surface area contributed by atoms with Gasteiger partial charge in [-0.05, 0) is 19.1 Å². The van der Waals surface area contributed by atoms with Gasteiger partial charge < -0.3 is 5.73 Å². The molecule has 1 aromatic carbocycles. The lowest BCUT2D eigenvalue weighted by atomic mass is 10.3. The van der Waals surface area contributed by atoms with Gasteiger partial charge in [0.1, 0.15) is 10.7 Å². The van der Waals surface area contributed by atoms with Crippen LogP contribution >= 0.6 is 11.3 Å². The molecule has 0 aliphatic carbocycles. The molecule has 5 nitrogen and oxygen atoms in total. The summed E-state index contributed by atoms with van der Waals surface area (Å²) in [6.45, 7) is 1.89. The number of nitrogens with zero attached hydrogens (tertiary/aromatic N) is 1. The normalized spacial score (nSPS) is 11.7. The number of thiazole rings is 1. The molecule has 2 aromatic rings. The van der Waals surface area contributed by atoms with E-state index in [0.29, 0.717) is 0 Å². The fraction of sp³-hybridized carbons (Fsp3) is 0.182. The van der Waals surface area contributed by atoms with E-state index in [2.05, 4.69) is 9.71 Å². The van der Waals surface area contributed by atoms with E-state index in [4.69, 9.17) is 5.73 Å². The molecule has 0 unspecified atom stereocenters. The molecule has 19 heavy (non-hydrogen) atoms. The summed E-state index contributed by atoms with van der Waals surface area (Å²) in [5.41, 5.74) is 7.46. The second-order valence-corrected chi connectivity index (χ2v) is 6.51. The lowest BCUT2D eigenvalue weighted by Gasteiger charge is -2.09. The highest BCUT2D eigenvalue weighted by molar-refractivity contribution is 7.89. The topological polar surface area (TPSA) is 85.1 Å². The monoisotopic (exact) mass is 301 g/mol. The molecule has 0 fully saturated rings. The molecule has 0 saturated heterocycles. The molecular weight excluding hydrogens is 289 g/mol. The Morgan fingerprint density at radius 1 is 1.47 bits per heavy atom. The van der Waals surface area contributed by atoms with Crippen LogP contribution < -0.4 is 10.5 Å². The highest BCUT2D eigenvalue weighted by Crippen LogP contribution is 2.21. The largest absolute Gasteiger partial charge is 0.395 e. The molecule has 3 N–H and O–H groups in total. The highest BCUT2D eigenvalue weighted by Gasteiger charge is 2.19. The van der Waals surface area contributed by atoms with Crippen LogP contribution in [0.25, 0.3) is 0 Å². The predicted molar refractivity (Wildman–Crippen MR) is 71.7 cm³/mol. The molecule has 0 bridgehead atoms. The number of hydrogen-bond donors (Lipinski definition) is 2. The van der Waals surface area contributed by atoms with E-state index in [1.165, 1.54) is 23.5 Å². The van der Waals surface area contributed by atoms with Gasteiger partial charge in [0.2, 0.25) is 10.0 Å². The molecule has 0 radical (unpaired) electrons. The molecule has 0 atom stereocenters. The highest BCUT2D eigenvalue weighted by atomic mass is 32.2. The first-order valence-electron chi connectivity index (χ1n) is 5.34. The first-order valence-corrected chi connectivity index (χ1v) is 7.70. The van der Waals surface area contributed by atoms with Crippen molar-refractivity contribution >= 4 is 27.0 Å². The van der Waals surface area contributed by atoms with Crippen molar-refractivity contribution in [2.45, 2.75) is 18.4 Å². The van der Waals surface area contributed by atoms with E-state index in [1.807, 2.05) is 0 Å². The minimum Gasteiger partial charge on any atom is -0.395 e. The zero-order chi connectivity index (χ0) is 14.0. The van der Waals surface area contributed by atoms with Crippen molar-refractivity contribution < 1.29 is 12.8 Å². The van der Waals surface area contributed by atoms with Crippen LogP contribution in [0.3, 0.4) is 0 Å². The average molecular weight is 301 g/mol. The van der Waals surface area contributed by atoms with Crippen molar-refractivity contribution in [3.05, 3.63) is 40.1 Å². The maximum absolute atomic E-state index is 13.3. The number of aromatic nitrogens is 1. The standard InChI is InChI=1S/C11H12FN3O2S2/c1-7-9(18-6-14-7)5-15-19(16,17)10-4-2-3-8(12)11(10)13/h2-4,6,15H,5,13H2,1H3. The van der Waals surface area contributed by atoms with Gasteiger partial charge in [0.25, 0.3) is 0 Å². The van der Waals surface area contributed by atoms with Gasteiger partial charge in [0.05, 0.1) is 16.9 Å². The van der Waals surface area contributed by atoms with Gasteiger partial charge in [-0.15, -0.1) is 11.3 Å². The smallest absolute Gasteiger partial charge is 0.243 e. The third-order valence-corrected chi connectivity index (χ3v) is 4.96. The number of halogens is 1.